The molecule has 0 radical (unpaired) electrons. The summed E-state index contributed by atoms with van der Waals surface area (Å²) in [5.74, 6) is -0.789. The molecule has 10 heteroatoms. The summed E-state index contributed by atoms with van der Waals surface area (Å²) in [5.41, 5.74) is 0.113. The van der Waals surface area contributed by atoms with Crippen molar-refractivity contribution in [2.45, 2.75) is 31.1 Å². The Bertz CT molecular complexity index is 1210. The van der Waals surface area contributed by atoms with Crippen LogP contribution >= 0.6 is 0 Å². The summed E-state index contributed by atoms with van der Waals surface area (Å²) in [7, 11) is 2.13. The predicted octanol–water partition coefficient (Wildman–Crippen LogP) is 5.21. The van der Waals surface area contributed by atoms with Gasteiger partial charge in [0.2, 0.25) is 11.8 Å². The maximum Gasteiger partial charge on any atom is 0.433 e. The van der Waals surface area contributed by atoms with Crippen LogP contribution in [0.3, 0.4) is 0 Å². The van der Waals surface area contributed by atoms with E-state index in [2.05, 4.69) is 38.9 Å². The van der Waals surface area contributed by atoms with E-state index in [0.29, 0.717) is 13.1 Å². The molecule has 0 aliphatic carbocycles. The number of piperidine rings is 1. The first kappa shape index (κ1) is 25.4. The number of piperazine rings is 1. The van der Waals surface area contributed by atoms with Crippen molar-refractivity contribution in [3.05, 3.63) is 77.7 Å². The Labute approximate surface area is 213 Å². The zero-order chi connectivity index (χ0) is 26.0. The van der Waals surface area contributed by atoms with Crippen LogP contribution in [-0.2, 0) is 12.7 Å². The number of alkyl halides is 3. The summed E-state index contributed by atoms with van der Waals surface area (Å²) < 4.78 is 60.0. The first-order valence-corrected chi connectivity index (χ1v) is 12.3. The molecule has 0 amide bonds. The molecule has 37 heavy (non-hydrogen) atoms. The van der Waals surface area contributed by atoms with Crippen molar-refractivity contribution in [2.24, 2.45) is 0 Å². The fourth-order valence-corrected chi connectivity index (χ4v) is 5.19. The molecule has 5 rings (SSSR count). The SMILES string of the molecule is CN1CCN(Cc2ccccc2)CC12CCN(c1nc(Oc3cccc(F)c3)cc(C(F)(F)F)n1)CC2. The molecule has 2 aliphatic rings. The summed E-state index contributed by atoms with van der Waals surface area (Å²) in [6, 6.07) is 16.3. The van der Waals surface area contributed by atoms with Gasteiger partial charge in [0, 0.05) is 56.9 Å². The van der Waals surface area contributed by atoms with Crippen molar-refractivity contribution in [3.63, 3.8) is 0 Å². The second-order valence-corrected chi connectivity index (χ2v) is 9.78. The zero-order valence-electron chi connectivity index (χ0n) is 20.6. The minimum absolute atomic E-state index is 0.0318. The van der Waals surface area contributed by atoms with Crippen LogP contribution in [0.1, 0.15) is 24.1 Å². The van der Waals surface area contributed by atoms with Crippen molar-refractivity contribution >= 4 is 5.95 Å². The maximum absolute atomic E-state index is 13.6. The van der Waals surface area contributed by atoms with Gasteiger partial charge in [-0.15, -0.1) is 0 Å². The van der Waals surface area contributed by atoms with Crippen LogP contribution in [0.5, 0.6) is 11.6 Å². The third-order valence-electron chi connectivity index (χ3n) is 7.31. The Kier molecular flexibility index (Phi) is 7.04. The van der Waals surface area contributed by atoms with E-state index in [-0.39, 0.29) is 23.1 Å². The molecule has 0 unspecified atom stereocenters. The highest BCUT2D eigenvalue weighted by molar-refractivity contribution is 5.38. The highest BCUT2D eigenvalue weighted by Gasteiger charge is 2.43. The lowest BCUT2D eigenvalue weighted by molar-refractivity contribution is -0.141. The number of benzene rings is 2. The number of anilines is 1. The second-order valence-electron chi connectivity index (χ2n) is 9.78. The number of aromatic nitrogens is 2. The van der Waals surface area contributed by atoms with E-state index < -0.39 is 17.7 Å². The molecule has 1 aromatic heterocycles. The first-order chi connectivity index (χ1) is 17.7. The molecule has 6 nitrogen and oxygen atoms in total. The molecular weight excluding hydrogens is 486 g/mol. The van der Waals surface area contributed by atoms with E-state index in [1.807, 2.05) is 18.2 Å². The third-order valence-corrected chi connectivity index (χ3v) is 7.31. The van der Waals surface area contributed by atoms with E-state index in [0.717, 1.165) is 51.2 Å². The summed E-state index contributed by atoms with van der Waals surface area (Å²) in [5, 5.41) is 0. The third kappa shape index (κ3) is 5.86. The smallest absolute Gasteiger partial charge is 0.433 e. The molecule has 2 aromatic carbocycles. The Balaban J connectivity index is 1.32. The molecular formula is C27H29F4N5O. The summed E-state index contributed by atoms with van der Waals surface area (Å²) in [4.78, 5) is 14.7. The van der Waals surface area contributed by atoms with Gasteiger partial charge in [0.1, 0.15) is 11.6 Å². The monoisotopic (exact) mass is 515 g/mol. The van der Waals surface area contributed by atoms with Gasteiger partial charge in [-0.2, -0.15) is 18.2 Å². The van der Waals surface area contributed by atoms with Gasteiger partial charge in [-0.3, -0.25) is 9.80 Å². The summed E-state index contributed by atoms with van der Waals surface area (Å²) >= 11 is 0. The van der Waals surface area contributed by atoms with Crippen LogP contribution in [0, 0.1) is 5.82 Å². The van der Waals surface area contributed by atoms with Gasteiger partial charge in [0.25, 0.3) is 0 Å². The van der Waals surface area contributed by atoms with E-state index >= 15 is 0 Å². The van der Waals surface area contributed by atoms with E-state index in [1.54, 1.807) is 4.90 Å². The molecule has 196 valence electrons. The number of rotatable bonds is 5. The van der Waals surface area contributed by atoms with Gasteiger partial charge >= 0.3 is 6.18 Å². The molecule has 0 atom stereocenters. The lowest BCUT2D eigenvalue weighted by atomic mass is 9.83. The molecule has 3 heterocycles. The molecule has 0 bridgehead atoms. The van der Waals surface area contributed by atoms with E-state index in [4.69, 9.17) is 4.74 Å². The number of likely N-dealkylation sites (N-methyl/N-ethyl adjacent to an activating group) is 1. The van der Waals surface area contributed by atoms with Gasteiger partial charge < -0.3 is 9.64 Å². The number of nitrogens with zero attached hydrogens (tertiary/aromatic N) is 5. The number of halogens is 4. The highest BCUT2D eigenvalue weighted by atomic mass is 19.4. The fourth-order valence-electron chi connectivity index (χ4n) is 5.19. The van der Waals surface area contributed by atoms with E-state index in [1.165, 1.54) is 23.8 Å². The Morgan fingerprint density at radius 2 is 1.68 bits per heavy atom. The molecule has 2 saturated heterocycles. The van der Waals surface area contributed by atoms with Crippen LogP contribution in [0.25, 0.3) is 0 Å². The van der Waals surface area contributed by atoms with Crippen molar-refractivity contribution in [3.8, 4) is 11.6 Å². The van der Waals surface area contributed by atoms with E-state index in [9.17, 15) is 17.6 Å². The largest absolute Gasteiger partial charge is 0.439 e. The Hall–Kier alpha value is -3.24. The van der Waals surface area contributed by atoms with Crippen molar-refractivity contribution in [1.82, 2.24) is 19.8 Å². The summed E-state index contributed by atoms with van der Waals surface area (Å²) in [6.45, 7) is 4.70. The highest BCUT2D eigenvalue weighted by Crippen LogP contribution is 2.36. The van der Waals surface area contributed by atoms with Gasteiger partial charge in [0.05, 0.1) is 0 Å². The molecule has 2 aliphatic heterocycles. The van der Waals surface area contributed by atoms with Crippen molar-refractivity contribution < 1.29 is 22.3 Å². The standard InChI is InChI=1S/C27H29F4N5O/c1-34-14-15-35(18-20-6-3-2-4-7-20)19-26(34)10-12-36(13-11-26)25-32-23(27(29,30)31)17-24(33-25)37-22-9-5-8-21(28)16-22/h2-9,16-17H,10-15,18-19H2,1H3. The zero-order valence-corrected chi connectivity index (χ0v) is 20.6. The van der Waals surface area contributed by atoms with Crippen LogP contribution in [0.2, 0.25) is 0 Å². The Morgan fingerprint density at radius 3 is 2.38 bits per heavy atom. The maximum atomic E-state index is 13.6. The van der Waals surface area contributed by atoms with Gasteiger partial charge in [-0.1, -0.05) is 36.4 Å². The lowest BCUT2D eigenvalue weighted by Crippen LogP contribution is -2.64. The fraction of sp³-hybridized carbons (Fsp3) is 0.407. The lowest BCUT2D eigenvalue weighted by Gasteiger charge is -2.53. The normalized spacial score (nSPS) is 18.8. The minimum atomic E-state index is -4.67. The number of hydrogen-bond acceptors (Lipinski definition) is 6. The Morgan fingerprint density at radius 1 is 0.919 bits per heavy atom. The molecule has 0 saturated carbocycles. The van der Waals surface area contributed by atoms with Gasteiger partial charge in [0.15, 0.2) is 5.69 Å². The number of hydrogen-bond donors (Lipinski definition) is 0. The molecule has 2 fully saturated rings. The van der Waals surface area contributed by atoms with Crippen molar-refractivity contribution in [2.75, 3.05) is 44.7 Å². The average Bonchev–Trinajstić information content (AvgIpc) is 2.87. The quantitative estimate of drug-likeness (QED) is 0.435. The predicted molar refractivity (Wildman–Crippen MR) is 132 cm³/mol. The minimum Gasteiger partial charge on any atom is -0.439 e. The average molecular weight is 516 g/mol. The first-order valence-electron chi connectivity index (χ1n) is 12.3. The van der Waals surface area contributed by atoms with Gasteiger partial charge in [-0.25, -0.2) is 9.37 Å². The van der Waals surface area contributed by atoms with Crippen molar-refractivity contribution in [1.29, 1.82) is 0 Å². The van der Waals surface area contributed by atoms with Crippen LogP contribution in [0.4, 0.5) is 23.5 Å². The summed E-state index contributed by atoms with van der Waals surface area (Å²) in [6.07, 6.45) is -3.13. The molecule has 3 aromatic rings. The topological polar surface area (TPSA) is 44.7 Å². The van der Waals surface area contributed by atoms with Crippen LogP contribution in [0.15, 0.2) is 60.7 Å². The molecule has 0 N–H and O–H groups in total. The van der Waals surface area contributed by atoms with Gasteiger partial charge in [-0.05, 0) is 37.6 Å². The number of ether oxygens (including phenoxy) is 1. The molecule has 1 spiro atoms. The van der Waals surface area contributed by atoms with Crippen LogP contribution in [-0.4, -0.2) is 65.1 Å². The second kappa shape index (κ2) is 10.3. The van der Waals surface area contributed by atoms with Crippen LogP contribution < -0.4 is 9.64 Å².